The Kier molecular flexibility index (Phi) is 4.67. The zero-order chi connectivity index (χ0) is 13.7. The number of aliphatic hydroxyl groups is 1. The Bertz CT molecular complexity index is 428. The van der Waals surface area contributed by atoms with Crippen LogP contribution in [0.5, 0.6) is 5.88 Å². The molecule has 18 heavy (non-hydrogen) atoms. The van der Waals surface area contributed by atoms with Gasteiger partial charge in [0, 0.05) is 6.07 Å². The van der Waals surface area contributed by atoms with Gasteiger partial charge in [-0.25, -0.2) is 4.79 Å². The molecule has 0 aromatic carbocycles. The first-order chi connectivity index (χ1) is 8.40. The smallest absolute Gasteiger partial charge is 0.328 e. The summed E-state index contributed by atoms with van der Waals surface area (Å²) >= 11 is 0. The largest absolute Gasteiger partial charge is 0.480 e. The van der Waals surface area contributed by atoms with E-state index < -0.39 is 30.6 Å². The van der Waals surface area contributed by atoms with Gasteiger partial charge in [-0.05, 0) is 19.0 Å². The lowest BCUT2D eigenvalue weighted by atomic mass is 10.2. The lowest BCUT2D eigenvalue weighted by Gasteiger charge is -2.16. The number of hydrogen-bond donors (Lipinski definition) is 3. The van der Waals surface area contributed by atoms with Crippen LogP contribution in [-0.4, -0.2) is 46.0 Å². The fraction of sp³-hybridized carbons (Fsp3) is 0.500. The number of aryl methyl sites for hydroxylation is 1. The van der Waals surface area contributed by atoms with Gasteiger partial charge in [0.2, 0.25) is 0 Å². The number of ether oxygens (including phenoxy) is 1. The number of aliphatic hydroxyl groups excluding tert-OH is 1. The van der Waals surface area contributed by atoms with E-state index in [-0.39, 0.29) is 5.88 Å². The highest BCUT2D eigenvalue weighted by Gasteiger charge is 2.25. The van der Waals surface area contributed by atoms with Crippen LogP contribution in [0.3, 0.4) is 0 Å². The van der Waals surface area contributed by atoms with Crippen molar-refractivity contribution in [2.24, 2.45) is 0 Å². The van der Waals surface area contributed by atoms with Gasteiger partial charge in [0.15, 0.2) is 12.6 Å². The van der Waals surface area contributed by atoms with Gasteiger partial charge in [0.05, 0.1) is 6.10 Å². The summed E-state index contributed by atoms with van der Waals surface area (Å²) in [6, 6.07) is 0.108. The van der Waals surface area contributed by atoms with Crippen molar-refractivity contribution in [3.63, 3.8) is 0 Å². The maximum absolute atomic E-state index is 11.4. The highest BCUT2D eigenvalue weighted by Crippen LogP contribution is 2.09. The third-order valence-corrected chi connectivity index (χ3v) is 2.02. The molecule has 0 aliphatic heterocycles. The minimum Gasteiger partial charge on any atom is -0.480 e. The van der Waals surface area contributed by atoms with Gasteiger partial charge < -0.3 is 24.8 Å². The average molecular weight is 258 g/mol. The summed E-state index contributed by atoms with van der Waals surface area (Å²) < 4.78 is 9.67. The van der Waals surface area contributed by atoms with Gasteiger partial charge in [-0.1, -0.05) is 0 Å². The van der Waals surface area contributed by atoms with Crippen molar-refractivity contribution < 1.29 is 29.1 Å². The molecule has 1 heterocycles. The van der Waals surface area contributed by atoms with Crippen LogP contribution < -0.4 is 10.1 Å². The van der Waals surface area contributed by atoms with Gasteiger partial charge in [0.1, 0.15) is 5.76 Å². The van der Waals surface area contributed by atoms with Crippen molar-refractivity contribution in [2.75, 3.05) is 6.61 Å². The zero-order valence-electron chi connectivity index (χ0n) is 9.91. The van der Waals surface area contributed by atoms with E-state index in [1.54, 1.807) is 6.92 Å². The quantitative estimate of drug-likeness (QED) is 0.617. The SMILES string of the molecule is Cc1cc(OCC(=O)NC(C(=O)O)C(C)O)no1. The number of carbonyl (C=O) groups is 2. The number of hydrogen-bond acceptors (Lipinski definition) is 6. The van der Waals surface area contributed by atoms with Crippen molar-refractivity contribution in [1.29, 1.82) is 0 Å². The maximum Gasteiger partial charge on any atom is 0.328 e. The molecule has 0 bridgehead atoms. The minimum atomic E-state index is -1.37. The first-order valence-corrected chi connectivity index (χ1v) is 5.16. The lowest BCUT2D eigenvalue weighted by Crippen LogP contribution is -2.49. The molecule has 2 atom stereocenters. The predicted molar refractivity (Wildman–Crippen MR) is 58.0 cm³/mol. The monoisotopic (exact) mass is 258 g/mol. The van der Waals surface area contributed by atoms with E-state index in [1.807, 2.05) is 0 Å². The molecular weight excluding hydrogens is 244 g/mol. The number of carboxylic acids is 1. The molecule has 0 fully saturated rings. The number of carboxylic acid groups (broad SMARTS) is 1. The Morgan fingerprint density at radius 1 is 1.61 bits per heavy atom. The predicted octanol–water partition coefficient (Wildman–Crippen LogP) is -0.688. The third-order valence-electron chi connectivity index (χ3n) is 2.02. The fourth-order valence-electron chi connectivity index (χ4n) is 1.15. The number of aliphatic carboxylic acids is 1. The topological polar surface area (TPSA) is 122 Å². The van der Waals surface area contributed by atoms with Crippen molar-refractivity contribution in [3.8, 4) is 5.88 Å². The minimum absolute atomic E-state index is 0.131. The molecule has 1 amide bonds. The van der Waals surface area contributed by atoms with E-state index >= 15 is 0 Å². The number of carbonyl (C=O) groups excluding carboxylic acids is 1. The van der Waals surface area contributed by atoms with E-state index in [9.17, 15) is 9.59 Å². The van der Waals surface area contributed by atoms with Crippen LogP contribution in [0.4, 0.5) is 0 Å². The molecule has 0 radical (unpaired) electrons. The summed E-state index contributed by atoms with van der Waals surface area (Å²) in [5, 5.41) is 23.5. The van der Waals surface area contributed by atoms with Crippen LogP contribution in [0.2, 0.25) is 0 Å². The number of aromatic nitrogens is 1. The zero-order valence-corrected chi connectivity index (χ0v) is 9.91. The van der Waals surface area contributed by atoms with Gasteiger partial charge in [0.25, 0.3) is 11.8 Å². The molecular formula is C10H14N2O6. The number of nitrogens with one attached hydrogen (secondary N) is 1. The van der Waals surface area contributed by atoms with Gasteiger partial charge in [-0.15, -0.1) is 0 Å². The lowest BCUT2D eigenvalue weighted by molar-refractivity contribution is -0.145. The molecule has 2 unspecified atom stereocenters. The van der Waals surface area contributed by atoms with Crippen molar-refractivity contribution in [2.45, 2.75) is 26.0 Å². The molecule has 100 valence electrons. The van der Waals surface area contributed by atoms with Crippen molar-refractivity contribution in [3.05, 3.63) is 11.8 Å². The molecule has 0 aliphatic rings. The van der Waals surface area contributed by atoms with E-state index in [2.05, 4.69) is 10.5 Å². The molecule has 0 saturated carbocycles. The average Bonchev–Trinajstić information content (AvgIpc) is 2.68. The third kappa shape index (κ3) is 4.06. The molecule has 0 spiro atoms. The Labute approximate surface area is 103 Å². The maximum atomic E-state index is 11.4. The van der Waals surface area contributed by atoms with Crippen molar-refractivity contribution >= 4 is 11.9 Å². The fourth-order valence-corrected chi connectivity index (χ4v) is 1.15. The van der Waals surface area contributed by atoms with Crippen LogP contribution in [0.15, 0.2) is 10.6 Å². The first-order valence-electron chi connectivity index (χ1n) is 5.16. The molecule has 1 aromatic rings. The standard InChI is InChI=1S/C10H14N2O6/c1-5-3-8(12-18-5)17-4-7(14)11-9(6(2)13)10(15)16/h3,6,9,13H,4H2,1-2H3,(H,11,14)(H,15,16). The molecule has 8 nitrogen and oxygen atoms in total. The molecule has 8 heteroatoms. The second-order valence-electron chi connectivity index (χ2n) is 3.69. The first kappa shape index (κ1) is 14.0. The summed E-state index contributed by atoms with van der Waals surface area (Å²) in [7, 11) is 0. The Balaban J connectivity index is 2.43. The van der Waals surface area contributed by atoms with E-state index in [1.165, 1.54) is 13.0 Å². The number of amides is 1. The number of nitrogens with zero attached hydrogens (tertiary/aromatic N) is 1. The van der Waals surface area contributed by atoms with E-state index in [0.29, 0.717) is 5.76 Å². The number of rotatable bonds is 6. The van der Waals surface area contributed by atoms with Crippen molar-refractivity contribution in [1.82, 2.24) is 10.5 Å². The Hall–Kier alpha value is -2.09. The summed E-state index contributed by atoms with van der Waals surface area (Å²) in [5.41, 5.74) is 0. The molecule has 1 aromatic heterocycles. The van der Waals surface area contributed by atoms with Crippen LogP contribution in [0.25, 0.3) is 0 Å². The highest BCUT2D eigenvalue weighted by atomic mass is 16.5. The molecule has 3 N–H and O–H groups in total. The summed E-state index contributed by atoms with van der Waals surface area (Å²) in [6.07, 6.45) is -1.21. The molecule has 0 aliphatic carbocycles. The van der Waals surface area contributed by atoms with Crippen LogP contribution in [0, 0.1) is 6.92 Å². The summed E-state index contributed by atoms with van der Waals surface area (Å²) in [4.78, 5) is 22.1. The normalized spacial score (nSPS) is 13.7. The van der Waals surface area contributed by atoms with Crippen LogP contribution in [0.1, 0.15) is 12.7 Å². The van der Waals surface area contributed by atoms with Gasteiger partial charge >= 0.3 is 5.97 Å². The second kappa shape index (κ2) is 6.01. The second-order valence-corrected chi connectivity index (χ2v) is 3.69. The van der Waals surface area contributed by atoms with Crippen LogP contribution in [-0.2, 0) is 9.59 Å². The van der Waals surface area contributed by atoms with Crippen LogP contribution >= 0.6 is 0 Å². The Morgan fingerprint density at radius 3 is 2.72 bits per heavy atom. The molecule has 1 rings (SSSR count). The van der Waals surface area contributed by atoms with Gasteiger partial charge in [-0.3, -0.25) is 4.79 Å². The van der Waals surface area contributed by atoms with Gasteiger partial charge in [-0.2, -0.15) is 0 Å². The molecule has 0 saturated heterocycles. The van der Waals surface area contributed by atoms with E-state index in [0.717, 1.165) is 0 Å². The van der Waals surface area contributed by atoms with E-state index in [4.69, 9.17) is 19.5 Å². The summed E-state index contributed by atoms with van der Waals surface area (Å²) in [6.45, 7) is 2.51. The Morgan fingerprint density at radius 2 is 2.28 bits per heavy atom. The highest BCUT2D eigenvalue weighted by molar-refractivity contribution is 5.84. The summed E-state index contributed by atoms with van der Waals surface area (Å²) in [5.74, 6) is -1.34.